The van der Waals surface area contributed by atoms with Gasteiger partial charge >= 0.3 is 0 Å². The molecule has 0 spiro atoms. The predicted octanol–water partition coefficient (Wildman–Crippen LogP) is 4.07. The fraction of sp³-hybridized carbons (Fsp3) is 0.417. The van der Waals surface area contributed by atoms with Gasteiger partial charge in [-0.1, -0.05) is 24.3 Å². The molecule has 1 heterocycles. The van der Waals surface area contributed by atoms with Crippen LogP contribution in [0.15, 0.2) is 53.5 Å². The van der Waals surface area contributed by atoms with Crippen molar-refractivity contribution in [3.63, 3.8) is 0 Å². The number of carbonyl (C=O) groups is 1. The lowest BCUT2D eigenvalue weighted by Gasteiger charge is -2.38. The van der Waals surface area contributed by atoms with Gasteiger partial charge in [0.1, 0.15) is 11.9 Å². The first-order valence-electron chi connectivity index (χ1n) is 10.6. The molecule has 0 aromatic heterocycles. The van der Waals surface area contributed by atoms with Gasteiger partial charge in [-0.15, -0.1) is 24.0 Å². The van der Waals surface area contributed by atoms with Crippen LogP contribution in [0.2, 0.25) is 0 Å². The highest BCUT2D eigenvalue weighted by atomic mass is 127. The van der Waals surface area contributed by atoms with Crippen molar-refractivity contribution in [1.29, 1.82) is 0 Å². The number of nitrogens with zero attached hydrogens (tertiary/aromatic N) is 3. The minimum Gasteiger partial charge on any atom is -0.367 e. The van der Waals surface area contributed by atoms with Gasteiger partial charge in [0.25, 0.3) is 5.91 Å². The van der Waals surface area contributed by atoms with Crippen molar-refractivity contribution >= 4 is 35.8 Å². The minimum absolute atomic E-state index is 0. The molecular formula is C24H32FIN4O2. The lowest BCUT2D eigenvalue weighted by molar-refractivity contribution is -0.0605. The van der Waals surface area contributed by atoms with Crippen LogP contribution in [0.5, 0.6) is 0 Å². The van der Waals surface area contributed by atoms with Crippen molar-refractivity contribution in [3.8, 4) is 0 Å². The number of hydrogen-bond acceptors (Lipinski definition) is 3. The summed E-state index contributed by atoms with van der Waals surface area (Å²) in [5, 5.41) is 3.37. The number of nitrogens with one attached hydrogen (secondary N) is 1. The van der Waals surface area contributed by atoms with Gasteiger partial charge in [0.05, 0.1) is 19.2 Å². The summed E-state index contributed by atoms with van der Waals surface area (Å²) >= 11 is 0. The summed E-state index contributed by atoms with van der Waals surface area (Å²) in [6.07, 6.45) is -0.131. The zero-order valence-electron chi connectivity index (χ0n) is 19.0. The van der Waals surface area contributed by atoms with E-state index in [1.54, 1.807) is 31.1 Å². The Bertz CT molecular complexity index is 903. The Balaban J connectivity index is 0.00000363. The van der Waals surface area contributed by atoms with E-state index in [1.165, 1.54) is 12.1 Å². The second-order valence-corrected chi connectivity index (χ2v) is 7.96. The van der Waals surface area contributed by atoms with Crippen LogP contribution in [-0.2, 0) is 11.3 Å². The van der Waals surface area contributed by atoms with Gasteiger partial charge < -0.3 is 19.9 Å². The summed E-state index contributed by atoms with van der Waals surface area (Å²) in [6, 6.07) is 14.0. The van der Waals surface area contributed by atoms with E-state index < -0.39 is 0 Å². The molecule has 0 aliphatic carbocycles. The van der Waals surface area contributed by atoms with E-state index in [9.17, 15) is 9.18 Å². The molecule has 2 aromatic carbocycles. The molecule has 8 heteroatoms. The number of morpholine rings is 1. The zero-order valence-corrected chi connectivity index (χ0v) is 21.4. The summed E-state index contributed by atoms with van der Waals surface area (Å²) in [7, 11) is 3.48. The number of ether oxygens (including phenoxy) is 1. The van der Waals surface area contributed by atoms with E-state index in [0.717, 1.165) is 30.2 Å². The smallest absolute Gasteiger partial charge is 0.253 e. The normalized spacial score (nSPS) is 18.7. The van der Waals surface area contributed by atoms with E-state index in [1.807, 2.05) is 38.1 Å². The third kappa shape index (κ3) is 6.90. The lowest BCUT2D eigenvalue weighted by Crippen LogP contribution is -2.50. The second-order valence-electron chi connectivity index (χ2n) is 7.96. The molecule has 1 N–H and O–H groups in total. The summed E-state index contributed by atoms with van der Waals surface area (Å²) in [4.78, 5) is 20.6. The highest BCUT2D eigenvalue weighted by Crippen LogP contribution is 2.25. The SMILES string of the molecule is CCNC(=NCc1ccc(C(=O)N(C)C)cc1)N1CC(C)OC(c2ccc(F)cc2)C1.I. The minimum atomic E-state index is -0.252. The Labute approximate surface area is 206 Å². The molecule has 0 bridgehead atoms. The lowest BCUT2D eigenvalue weighted by atomic mass is 10.1. The summed E-state index contributed by atoms with van der Waals surface area (Å²) in [6.45, 7) is 6.69. The first-order valence-corrected chi connectivity index (χ1v) is 10.6. The first kappa shape index (κ1) is 26.1. The number of hydrogen-bond donors (Lipinski definition) is 1. The van der Waals surface area contributed by atoms with Crippen molar-refractivity contribution in [2.75, 3.05) is 33.7 Å². The number of aliphatic imine (C=N–C) groups is 1. The molecule has 1 fully saturated rings. The number of halogens is 2. The Hall–Kier alpha value is -2.20. The maximum atomic E-state index is 13.3. The van der Waals surface area contributed by atoms with Crippen molar-refractivity contribution in [3.05, 3.63) is 71.0 Å². The molecule has 1 amide bonds. The molecule has 1 aliphatic heterocycles. The maximum Gasteiger partial charge on any atom is 0.253 e. The highest BCUT2D eigenvalue weighted by Gasteiger charge is 2.28. The molecule has 3 rings (SSSR count). The molecule has 0 saturated carbocycles. The zero-order chi connectivity index (χ0) is 22.4. The summed E-state index contributed by atoms with van der Waals surface area (Å²) in [5.41, 5.74) is 2.64. The average molecular weight is 554 g/mol. The van der Waals surface area contributed by atoms with E-state index in [0.29, 0.717) is 18.7 Å². The van der Waals surface area contributed by atoms with Crippen molar-refractivity contribution in [1.82, 2.24) is 15.1 Å². The molecule has 32 heavy (non-hydrogen) atoms. The molecule has 2 unspecified atom stereocenters. The highest BCUT2D eigenvalue weighted by molar-refractivity contribution is 14.0. The Morgan fingerprint density at radius 1 is 1.16 bits per heavy atom. The van der Waals surface area contributed by atoms with Crippen LogP contribution in [0.3, 0.4) is 0 Å². The van der Waals surface area contributed by atoms with E-state index in [-0.39, 0.29) is 47.9 Å². The average Bonchev–Trinajstić information content (AvgIpc) is 2.76. The third-order valence-corrected chi connectivity index (χ3v) is 5.15. The van der Waals surface area contributed by atoms with Crippen LogP contribution in [0.1, 0.15) is 41.4 Å². The van der Waals surface area contributed by atoms with E-state index in [4.69, 9.17) is 9.73 Å². The van der Waals surface area contributed by atoms with E-state index >= 15 is 0 Å². The largest absolute Gasteiger partial charge is 0.367 e. The fourth-order valence-electron chi connectivity index (χ4n) is 3.59. The maximum absolute atomic E-state index is 13.3. The first-order chi connectivity index (χ1) is 14.9. The number of guanidine groups is 1. The molecule has 174 valence electrons. The van der Waals surface area contributed by atoms with Crippen molar-refractivity contribution < 1.29 is 13.9 Å². The quantitative estimate of drug-likeness (QED) is 0.344. The number of rotatable bonds is 5. The van der Waals surface area contributed by atoms with Gasteiger partial charge in [0, 0.05) is 32.7 Å². The standard InChI is InChI=1S/C24H31FN4O2.HI/c1-5-26-24(27-14-18-6-8-20(9-7-18)23(30)28(3)4)29-15-17(2)31-22(16-29)19-10-12-21(25)13-11-19;/h6-13,17,22H,5,14-16H2,1-4H3,(H,26,27);1H. The molecular weight excluding hydrogens is 522 g/mol. The van der Waals surface area contributed by atoms with Crippen LogP contribution in [0.4, 0.5) is 4.39 Å². The molecule has 0 radical (unpaired) electrons. The molecule has 2 aromatic rings. The number of amides is 1. The Morgan fingerprint density at radius 2 is 1.81 bits per heavy atom. The third-order valence-electron chi connectivity index (χ3n) is 5.15. The van der Waals surface area contributed by atoms with Crippen LogP contribution < -0.4 is 5.32 Å². The molecule has 1 saturated heterocycles. The summed E-state index contributed by atoms with van der Waals surface area (Å²) in [5.74, 6) is 0.549. The molecule has 1 aliphatic rings. The molecule has 6 nitrogen and oxygen atoms in total. The Morgan fingerprint density at radius 3 is 2.41 bits per heavy atom. The fourth-order valence-corrected chi connectivity index (χ4v) is 3.59. The van der Waals surface area contributed by atoms with Crippen molar-refractivity contribution in [2.45, 2.75) is 32.6 Å². The van der Waals surface area contributed by atoms with Gasteiger partial charge in [-0.25, -0.2) is 9.38 Å². The summed E-state index contributed by atoms with van der Waals surface area (Å²) < 4.78 is 19.4. The topological polar surface area (TPSA) is 57.2 Å². The van der Waals surface area contributed by atoms with Crippen LogP contribution in [-0.4, -0.2) is 61.5 Å². The van der Waals surface area contributed by atoms with Gasteiger partial charge in [-0.3, -0.25) is 4.79 Å². The number of benzene rings is 2. The van der Waals surface area contributed by atoms with Gasteiger partial charge in [-0.05, 0) is 49.2 Å². The monoisotopic (exact) mass is 554 g/mol. The molecule has 2 atom stereocenters. The van der Waals surface area contributed by atoms with Crippen molar-refractivity contribution in [2.24, 2.45) is 4.99 Å². The van der Waals surface area contributed by atoms with E-state index in [2.05, 4.69) is 10.2 Å². The van der Waals surface area contributed by atoms with Gasteiger partial charge in [0.15, 0.2) is 5.96 Å². The van der Waals surface area contributed by atoms with Crippen LogP contribution in [0.25, 0.3) is 0 Å². The number of carbonyl (C=O) groups excluding carboxylic acids is 1. The predicted molar refractivity (Wildman–Crippen MR) is 136 cm³/mol. The van der Waals surface area contributed by atoms with Crippen LogP contribution >= 0.6 is 24.0 Å². The van der Waals surface area contributed by atoms with Gasteiger partial charge in [-0.2, -0.15) is 0 Å². The second kappa shape index (κ2) is 12.2. The van der Waals surface area contributed by atoms with Crippen LogP contribution in [0, 0.1) is 5.82 Å². The Kier molecular flexibility index (Phi) is 9.89. The van der Waals surface area contributed by atoms with Gasteiger partial charge in [0.2, 0.25) is 0 Å².